The number of nitrogens with zero attached hydrogens (tertiary/aromatic N) is 6. The van der Waals surface area contributed by atoms with Crippen molar-refractivity contribution < 1.29 is 19.2 Å². The molecule has 7 rings (SSSR count). The fraction of sp³-hybridized carbons (Fsp3) is 0.487. The standard InChI is InChI=1S/C39H45BrN8O4/c1-22-12-13-31(40)44-37(22)45-38(52)30-18-39-14-15-41-32(50)11-9-7-5-6-8-10-26-16-27(28-19-42-25(4)43-20-28)17-29-34(24(3)49)46-47(35(26)29)21-33(51)48(30)36(39)23(39)2/h12-13,16-17,19-20,23,30,36H,5-11,14-15,18,21H2,1-4H3,(H,41,50)(H,44,45,52)/t23-,30-,36?,39-/m0/s1. The Morgan fingerprint density at radius 2 is 1.73 bits per heavy atom. The zero-order chi connectivity index (χ0) is 36.7. The zero-order valence-corrected chi connectivity index (χ0v) is 31.8. The Kier molecular flexibility index (Phi) is 9.99. The van der Waals surface area contributed by atoms with E-state index in [1.165, 1.54) is 6.92 Å². The van der Waals surface area contributed by atoms with Crippen molar-refractivity contribution >= 4 is 56.2 Å². The first-order chi connectivity index (χ1) is 25.0. The Morgan fingerprint density at radius 3 is 2.48 bits per heavy atom. The van der Waals surface area contributed by atoms with Gasteiger partial charge in [0.15, 0.2) is 5.78 Å². The summed E-state index contributed by atoms with van der Waals surface area (Å²) < 4.78 is 2.27. The van der Waals surface area contributed by atoms with Crippen molar-refractivity contribution in [2.24, 2.45) is 11.3 Å². The van der Waals surface area contributed by atoms with E-state index in [0.717, 1.165) is 59.9 Å². The molecular formula is C39H45BrN8O4. The summed E-state index contributed by atoms with van der Waals surface area (Å²) in [7, 11) is 0. The van der Waals surface area contributed by atoms with Gasteiger partial charge in [-0.2, -0.15) is 5.10 Å². The van der Waals surface area contributed by atoms with Crippen molar-refractivity contribution in [2.75, 3.05) is 11.9 Å². The van der Waals surface area contributed by atoms with E-state index in [4.69, 9.17) is 5.10 Å². The van der Waals surface area contributed by atoms with Crippen LogP contribution in [0, 0.1) is 25.2 Å². The first kappa shape index (κ1) is 35.9. The monoisotopic (exact) mass is 768 g/mol. The number of aromatic nitrogens is 5. The molecule has 4 aromatic rings. The van der Waals surface area contributed by atoms with Crippen molar-refractivity contribution in [3.63, 3.8) is 0 Å². The molecule has 1 saturated carbocycles. The van der Waals surface area contributed by atoms with Gasteiger partial charge in [-0.3, -0.25) is 23.9 Å². The lowest BCUT2D eigenvalue weighted by Gasteiger charge is -2.28. The van der Waals surface area contributed by atoms with Gasteiger partial charge in [-0.15, -0.1) is 0 Å². The quantitative estimate of drug-likeness (QED) is 0.186. The Bertz CT molecular complexity index is 2060. The average molecular weight is 770 g/mol. The van der Waals surface area contributed by atoms with Crippen LogP contribution in [0.4, 0.5) is 5.82 Å². The number of Topliss-reactive ketones (excluding diaryl/α,β-unsaturated/α-hetero) is 1. The molecule has 272 valence electrons. The maximum Gasteiger partial charge on any atom is 0.248 e. The molecule has 2 N–H and O–H groups in total. The predicted octanol–water partition coefficient (Wildman–Crippen LogP) is 6.12. The molecule has 1 aromatic carbocycles. The fourth-order valence-electron chi connectivity index (χ4n) is 8.55. The molecule has 1 aliphatic carbocycles. The first-order valence-corrected chi connectivity index (χ1v) is 19.1. The van der Waals surface area contributed by atoms with Crippen LogP contribution in [0.1, 0.15) is 92.7 Å². The van der Waals surface area contributed by atoms with Crippen LogP contribution < -0.4 is 10.6 Å². The highest BCUT2D eigenvalue weighted by molar-refractivity contribution is 9.10. The number of ketones is 1. The summed E-state index contributed by atoms with van der Waals surface area (Å²) >= 11 is 3.40. The van der Waals surface area contributed by atoms with Gasteiger partial charge < -0.3 is 15.5 Å². The summed E-state index contributed by atoms with van der Waals surface area (Å²) in [6.45, 7) is 7.70. The van der Waals surface area contributed by atoms with Gasteiger partial charge in [-0.25, -0.2) is 15.0 Å². The van der Waals surface area contributed by atoms with Crippen LogP contribution in [0.2, 0.25) is 0 Å². The molecule has 2 fully saturated rings. The van der Waals surface area contributed by atoms with Gasteiger partial charge in [-0.1, -0.05) is 32.3 Å². The normalized spacial score (nSPS) is 24.0. The van der Waals surface area contributed by atoms with Crippen LogP contribution in [-0.4, -0.2) is 71.8 Å². The minimum Gasteiger partial charge on any atom is -0.356 e. The molecule has 5 heterocycles. The molecule has 3 aromatic heterocycles. The third kappa shape index (κ3) is 6.87. The fourth-order valence-corrected chi connectivity index (χ4v) is 8.86. The van der Waals surface area contributed by atoms with Gasteiger partial charge in [0.25, 0.3) is 0 Å². The van der Waals surface area contributed by atoms with Gasteiger partial charge in [0.05, 0.1) is 5.52 Å². The third-order valence-electron chi connectivity index (χ3n) is 11.4. The van der Waals surface area contributed by atoms with E-state index in [1.54, 1.807) is 22.0 Å². The topological polar surface area (TPSA) is 152 Å². The Balaban J connectivity index is 1.29. The van der Waals surface area contributed by atoms with E-state index < -0.39 is 6.04 Å². The molecule has 1 unspecified atom stereocenters. The number of anilines is 1. The number of piperidine rings is 1. The van der Waals surface area contributed by atoms with Gasteiger partial charge in [-0.05, 0) is 108 Å². The summed E-state index contributed by atoms with van der Waals surface area (Å²) in [6.07, 6.45) is 10.6. The van der Waals surface area contributed by atoms with Crippen LogP contribution >= 0.6 is 15.9 Å². The highest BCUT2D eigenvalue weighted by atomic mass is 79.9. The summed E-state index contributed by atoms with van der Waals surface area (Å²) in [5.74, 6) is 0.561. The van der Waals surface area contributed by atoms with Gasteiger partial charge in [0.2, 0.25) is 17.7 Å². The molecule has 4 atom stereocenters. The Labute approximate surface area is 311 Å². The second-order valence-corrected chi connectivity index (χ2v) is 15.6. The van der Waals surface area contributed by atoms with E-state index in [9.17, 15) is 19.2 Å². The van der Waals surface area contributed by atoms with Crippen LogP contribution in [0.15, 0.2) is 41.3 Å². The van der Waals surface area contributed by atoms with E-state index in [-0.39, 0.29) is 47.4 Å². The smallest absolute Gasteiger partial charge is 0.248 e. The molecule has 2 bridgehead atoms. The van der Waals surface area contributed by atoms with Crippen molar-refractivity contribution in [3.8, 4) is 11.1 Å². The second-order valence-electron chi connectivity index (χ2n) is 14.8. The number of hydrogen-bond donors (Lipinski definition) is 2. The van der Waals surface area contributed by atoms with Gasteiger partial charge >= 0.3 is 0 Å². The molecule has 12 nitrogen and oxygen atoms in total. The lowest BCUT2D eigenvalue weighted by molar-refractivity contribution is -0.139. The van der Waals surface area contributed by atoms with E-state index >= 15 is 0 Å². The third-order valence-corrected chi connectivity index (χ3v) is 11.8. The van der Waals surface area contributed by atoms with Crippen LogP contribution in [0.5, 0.6) is 0 Å². The largest absolute Gasteiger partial charge is 0.356 e. The number of benzene rings is 1. The summed E-state index contributed by atoms with van der Waals surface area (Å²) in [5.41, 5.74) is 4.26. The highest BCUT2D eigenvalue weighted by Gasteiger charge is 2.72. The lowest BCUT2D eigenvalue weighted by atomic mass is 9.92. The number of amides is 3. The SMILES string of the molecule is CC(=O)c1nn2c3c(cc(-c4cnc(C)nc4)cc13)CCCCCCCC(=O)NCC[C@@]13C[C@@H](C(=O)Nc4nc(Br)ccc4C)N(C(=O)C2)C1[C@@H]3C. The van der Waals surface area contributed by atoms with Gasteiger partial charge in [0, 0.05) is 49.3 Å². The second kappa shape index (κ2) is 14.5. The minimum absolute atomic E-state index is 0.0431. The first-order valence-electron chi connectivity index (χ1n) is 18.3. The maximum absolute atomic E-state index is 14.7. The molecular weight excluding hydrogens is 724 g/mol. The Hall–Kier alpha value is -4.52. The van der Waals surface area contributed by atoms with Crippen LogP contribution in [0.25, 0.3) is 22.0 Å². The Morgan fingerprint density at radius 1 is 1.00 bits per heavy atom. The number of nitrogens with one attached hydrogen (secondary N) is 2. The number of carbonyl (C=O) groups excluding carboxylic acids is 4. The molecule has 13 heteroatoms. The predicted molar refractivity (Wildman–Crippen MR) is 200 cm³/mol. The van der Waals surface area contributed by atoms with Crippen molar-refractivity contribution in [1.29, 1.82) is 0 Å². The molecule has 0 radical (unpaired) electrons. The summed E-state index contributed by atoms with van der Waals surface area (Å²) in [4.78, 5) is 69.7. The van der Waals surface area contributed by atoms with E-state index in [0.29, 0.717) is 59.6 Å². The van der Waals surface area contributed by atoms with Gasteiger partial charge in [0.1, 0.15) is 34.5 Å². The van der Waals surface area contributed by atoms with Crippen molar-refractivity contribution in [3.05, 3.63) is 63.9 Å². The van der Waals surface area contributed by atoms with E-state index in [1.807, 2.05) is 32.0 Å². The van der Waals surface area contributed by atoms with Crippen LogP contribution in [-0.2, 0) is 27.3 Å². The van der Waals surface area contributed by atoms with Crippen molar-refractivity contribution in [1.82, 2.24) is 34.9 Å². The van der Waals surface area contributed by atoms with E-state index in [2.05, 4.69) is 54.5 Å². The number of rotatable bonds is 4. The number of aryl methyl sites for hydroxylation is 3. The molecule has 3 aliphatic rings. The lowest BCUT2D eigenvalue weighted by Crippen LogP contribution is -2.47. The average Bonchev–Trinajstić information content (AvgIpc) is 3.37. The zero-order valence-electron chi connectivity index (χ0n) is 30.2. The minimum atomic E-state index is -0.739. The molecule has 0 spiro atoms. The number of pyridine rings is 1. The highest BCUT2D eigenvalue weighted by Crippen LogP contribution is 2.66. The molecule has 3 amide bonds. The molecule has 1 saturated heterocycles. The summed E-state index contributed by atoms with van der Waals surface area (Å²) in [6, 6.07) is 6.82. The molecule has 52 heavy (non-hydrogen) atoms. The van der Waals surface area contributed by atoms with Crippen LogP contribution in [0.3, 0.4) is 0 Å². The number of halogens is 1. The number of hydrogen-bond acceptors (Lipinski definition) is 8. The maximum atomic E-state index is 14.7. The van der Waals surface area contributed by atoms with Crippen molar-refractivity contribution in [2.45, 2.75) is 104 Å². The number of carbonyl (C=O) groups is 4. The molecule has 2 aliphatic heterocycles. The summed E-state index contributed by atoms with van der Waals surface area (Å²) in [5, 5.41) is 11.6.